The Balaban J connectivity index is 1.59. The van der Waals surface area contributed by atoms with E-state index in [4.69, 9.17) is 4.98 Å². The first-order valence-electron chi connectivity index (χ1n) is 7.34. The van der Waals surface area contributed by atoms with Crippen LogP contribution in [-0.2, 0) is 12.8 Å². The molecule has 1 aliphatic carbocycles. The summed E-state index contributed by atoms with van der Waals surface area (Å²) in [5.74, 6) is 1.04. The molecule has 2 heterocycles. The first-order valence-corrected chi connectivity index (χ1v) is 7.34. The lowest BCUT2D eigenvalue weighted by molar-refractivity contribution is 0.122. The van der Waals surface area contributed by atoms with E-state index in [0.29, 0.717) is 6.04 Å². The molecule has 3 rings (SSSR count). The predicted octanol–water partition coefficient (Wildman–Crippen LogP) is 1.23. The third-order valence-electron chi connectivity index (χ3n) is 4.43. The van der Waals surface area contributed by atoms with E-state index in [9.17, 15) is 0 Å². The Morgan fingerprint density at radius 1 is 1.26 bits per heavy atom. The van der Waals surface area contributed by atoms with Gasteiger partial charge in [-0.1, -0.05) is 6.07 Å². The highest BCUT2D eigenvalue weighted by molar-refractivity contribution is 5.40. The molecule has 4 nitrogen and oxygen atoms in total. The van der Waals surface area contributed by atoms with Crippen LogP contribution in [0.2, 0.25) is 0 Å². The van der Waals surface area contributed by atoms with Crippen LogP contribution in [0.3, 0.4) is 0 Å². The standard InChI is InChI=1S/C15H24N4/c1-18-8-9-19(2)13(11-18)10-16-15-7-6-12-4-3-5-14(12)17-15/h6-7,13H,3-5,8-11H2,1-2H3,(H,16,17). The molecule has 1 atom stereocenters. The number of hydrogen-bond donors (Lipinski definition) is 1. The number of likely N-dealkylation sites (N-methyl/N-ethyl adjacent to an activating group) is 2. The molecule has 1 N–H and O–H groups in total. The van der Waals surface area contributed by atoms with Gasteiger partial charge in [-0.2, -0.15) is 0 Å². The van der Waals surface area contributed by atoms with Gasteiger partial charge in [0.2, 0.25) is 0 Å². The molecule has 1 aromatic heterocycles. The molecule has 1 unspecified atom stereocenters. The van der Waals surface area contributed by atoms with Gasteiger partial charge in [-0.05, 0) is 45.0 Å². The summed E-state index contributed by atoms with van der Waals surface area (Å²) in [4.78, 5) is 9.59. The lowest BCUT2D eigenvalue weighted by atomic mass is 10.2. The summed E-state index contributed by atoms with van der Waals surface area (Å²) >= 11 is 0. The van der Waals surface area contributed by atoms with Crippen LogP contribution in [0.25, 0.3) is 0 Å². The molecule has 0 bridgehead atoms. The van der Waals surface area contributed by atoms with E-state index in [0.717, 1.165) is 31.9 Å². The summed E-state index contributed by atoms with van der Waals surface area (Å²) in [7, 11) is 4.42. The lowest BCUT2D eigenvalue weighted by Gasteiger charge is -2.37. The monoisotopic (exact) mass is 260 g/mol. The molecular weight excluding hydrogens is 236 g/mol. The van der Waals surface area contributed by atoms with Crippen molar-refractivity contribution in [2.75, 3.05) is 45.6 Å². The number of anilines is 1. The minimum absolute atomic E-state index is 0.578. The van der Waals surface area contributed by atoms with E-state index in [-0.39, 0.29) is 0 Å². The molecule has 1 fully saturated rings. The van der Waals surface area contributed by atoms with Gasteiger partial charge in [0, 0.05) is 37.9 Å². The largest absolute Gasteiger partial charge is 0.368 e. The van der Waals surface area contributed by atoms with Crippen LogP contribution in [0.1, 0.15) is 17.7 Å². The van der Waals surface area contributed by atoms with Gasteiger partial charge in [0.1, 0.15) is 5.82 Å². The number of piperazine rings is 1. The molecule has 1 aliphatic heterocycles. The summed E-state index contributed by atoms with van der Waals surface area (Å²) in [6.45, 7) is 4.44. The number of pyridine rings is 1. The third-order valence-corrected chi connectivity index (χ3v) is 4.43. The van der Waals surface area contributed by atoms with Crippen LogP contribution >= 0.6 is 0 Å². The normalized spacial score (nSPS) is 24.4. The second-order valence-corrected chi connectivity index (χ2v) is 5.93. The van der Waals surface area contributed by atoms with Crippen molar-refractivity contribution in [2.24, 2.45) is 0 Å². The summed E-state index contributed by atoms with van der Waals surface area (Å²) in [6, 6.07) is 4.96. The number of aryl methyl sites for hydroxylation is 2. The van der Waals surface area contributed by atoms with Gasteiger partial charge < -0.3 is 10.2 Å². The first kappa shape index (κ1) is 12.9. The molecule has 0 aromatic carbocycles. The van der Waals surface area contributed by atoms with Crippen molar-refractivity contribution in [3.05, 3.63) is 23.4 Å². The fourth-order valence-corrected chi connectivity index (χ4v) is 3.06. The van der Waals surface area contributed by atoms with Crippen molar-refractivity contribution in [1.29, 1.82) is 0 Å². The van der Waals surface area contributed by atoms with Gasteiger partial charge in [0.05, 0.1) is 0 Å². The average molecular weight is 260 g/mol. The lowest BCUT2D eigenvalue weighted by Crippen LogP contribution is -2.52. The highest BCUT2D eigenvalue weighted by Gasteiger charge is 2.22. The molecule has 19 heavy (non-hydrogen) atoms. The second-order valence-electron chi connectivity index (χ2n) is 5.93. The number of nitrogens with zero attached hydrogens (tertiary/aromatic N) is 3. The molecule has 104 valence electrons. The first-order chi connectivity index (χ1) is 9.22. The zero-order chi connectivity index (χ0) is 13.2. The fourth-order valence-electron chi connectivity index (χ4n) is 3.06. The second kappa shape index (κ2) is 5.47. The summed E-state index contributed by atoms with van der Waals surface area (Å²) in [6.07, 6.45) is 3.62. The van der Waals surface area contributed by atoms with E-state index in [1.165, 1.54) is 30.6 Å². The van der Waals surface area contributed by atoms with Crippen LogP contribution in [0.5, 0.6) is 0 Å². The van der Waals surface area contributed by atoms with Crippen LogP contribution in [0.4, 0.5) is 5.82 Å². The van der Waals surface area contributed by atoms with E-state index >= 15 is 0 Å². The summed E-state index contributed by atoms with van der Waals surface area (Å²) in [5.41, 5.74) is 2.75. The fraction of sp³-hybridized carbons (Fsp3) is 0.667. The zero-order valence-corrected chi connectivity index (χ0v) is 12.0. The number of hydrogen-bond acceptors (Lipinski definition) is 4. The van der Waals surface area contributed by atoms with Crippen molar-refractivity contribution in [2.45, 2.75) is 25.3 Å². The summed E-state index contributed by atoms with van der Waals surface area (Å²) in [5, 5.41) is 3.52. The van der Waals surface area contributed by atoms with E-state index < -0.39 is 0 Å². The number of fused-ring (bicyclic) bond motifs is 1. The van der Waals surface area contributed by atoms with Crippen LogP contribution in [0.15, 0.2) is 12.1 Å². The van der Waals surface area contributed by atoms with Gasteiger partial charge >= 0.3 is 0 Å². The van der Waals surface area contributed by atoms with Crippen LogP contribution in [-0.4, -0.2) is 61.1 Å². The zero-order valence-electron chi connectivity index (χ0n) is 12.0. The SMILES string of the molecule is CN1CCN(C)C(CNc2ccc3c(n2)CCC3)C1. The molecule has 0 spiro atoms. The molecule has 1 aromatic rings. The smallest absolute Gasteiger partial charge is 0.126 e. The topological polar surface area (TPSA) is 31.4 Å². The molecule has 0 saturated carbocycles. The third kappa shape index (κ3) is 2.90. The summed E-state index contributed by atoms with van der Waals surface area (Å²) < 4.78 is 0. The van der Waals surface area contributed by atoms with E-state index in [1.54, 1.807) is 0 Å². The van der Waals surface area contributed by atoms with E-state index in [2.05, 4.69) is 41.3 Å². The molecule has 0 radical (unpaired) electrons. The van der Waals surface area contributed by atoms with E-state index in [1.807, 2.05) is 0 Å². The molecule has 2 aliphatic rings. The van der Waals surface area contributed by atoms with Crippen molar-refractivity contribution in [3.8, 4) is 0 Å². The van der Waals surface area contributed by atoms with Gasteiger partial charge in [-0.3, -0.25) is 4.90 Å². The minimum atomic E-state index is 0.578. The maximum atomic E-state index is 4.74. The van der Waals surface area contributed by atoms with Crippen LogP contribution < -0.4 is 5.32 Å². The average Bonchev–Trinajstić information content (AvgIpc) is 2.87. The number of nitrogens with one attached hydrogen (secondary N) is 1. The highest BCUT2D eigenvalue weighted by Crippen LogP contribution is 2.21. The van der Waals surface area contributed by atoms with Gasteiger partial charge in [0.25, 0.3) is 0 Å². The van der Waals surface area contributed by atoms with Crippen LogP contribution in [0, 0.1) is 0 Å². The quantitative estimate of drug-likeness (QED) is 0.886. The molecule has 0 amide bonds. The van der Waals surface area contributed by atoms with Gasteiger partial charge in [-0.15, -0.1) is 0 Å². The van der Waals surface area contributed by atoms with Crippen molar-refractivity contribution in [3.63, 3.8) is 0 Å². The number of rotatable bonds is 3. The maximum Gasteiger partial charge on any atom is 0.126 e. The molecule has 1 saturated heterocycles. The number of aromatic nitrogens is 1. The highest BCUT2D eigenvalue weighted by atomic mass is 15.3. The van der Waals surface area contributed by atoms with Gasteiger partial charge in [-0.25, -0.2) is 4.98 Å². The molecular formula is C15H24N4. The Labute approximate surface area is 115 Å². The van der Waals surface area contributed by atoms with Crippen molar-refractivity contribution < 1.29 is 0 Å². The maximum absolute atomic E-state index is 4.74. The van der Waals surface area contributed by atoms with Gasteiger partial charge in [0.15, 0.2) is 0 Å². The molecule has 4 heteroatoms. The predicted molar refractivity (Wildman–Crippen MR) is 78.7 cm³/mol. The van der Waals surface area contributed by atoms with Crippen molar-refractivity contribution in [1.82, 2.24) is 14.8 Å². The Bertz CT molecular complexity index is 446. The Kier molecular flexibility index (Phi) is 3.71. The Morgan fingerprint density at radius 3 is 3.05 bits per heavy atom. The Hall–Kier alpha value is -1.13. The van der Waals surface area contributed by atoms with Crippen molar-refractivity contribution >= 4 is 5.82 Å². The Morgan fingerprint density at radius 2 is 2.16 bits per heavy atom. The minimum Gasteiger partial charge on any atom is -0.368 e.